The molecule has 0 bridgehead atoms. The summed E-state index contributed by atoms with van der Waals surface area (Å²) in [5, 5.41) is 13.0. The van der Waals surface area contributed by atoms with E-state index in [0.29, 0.717) is 18.9 Å². The number of phenols is 1. The van der Waals surface area contributed by atoms with E-state index in [0.717, 1.165) is 12.1 Å². The summed E-state index contributed by atoms with van der Waals surface area (Å²) in [4.78, 5) is 4.13. The zero-order chi connectivity index (χ0) is 14.4. The Hall–Kier alpha value is -2.07. The predicted octanol–water partition coefficient (Wildman–Crippen LogP) is 2.78. The summed E-state index contributed by atoms with van der Waals surface area (Å²) >= 11 is 0. The van der Waals surface area contributed by atoms with E-state index in [9.17, 15) is 5.11 Å². The number of nitrogens with one attached hydrogen (secondary N) is 1. The van der Waals surface area contributed by atoms with Crippen LogP contribution < -0.4 is 10.1 Å². The van der Waals surface area contributed by atoms with Crippen molar-refractivity contribution < 1.29 is 9.84 Å². The molecule has 0 spiro atoms. The average Bonchev–Trinajstić information content (AvgIpc) is 2.45. The lowest BCUT2D eigenvalue weighted by molar-refractivity contribution is 0.317. The molecule has 2 N–H and O–H groups in total. The molecule has 0 radical (unpaired) electrons. The van der Waals surface area contributed by atoms with Gasteiger partial charge in [0.15, 0.2) is 11.5 Å². The fraction of sp³-hybridized carbons (Fsp3) is 0.312. The average molecular weight is 272 g/mol. The van der Waals surface area contributed by atoms with Crippen molar-refractivity contribution in [2.45, 2.75) is 26.9 Å². The lowest BCUT2D eigenvalue weighted by Gasteiger charge is -2.10. The lowest BCUT2D eigenvalue weighted by atomic mass is 10.1. The van der Waals surface area contributed by atoms with Gasteiger partial charge in [-0.3, -0.25) is 4.98 Å². The highest BCUT2D eigenvalue weighted by atomic mass is 16.5. The molecule has 2 rings (SSSR count). The minimum absolute atomic E-state index is 0.179. The van der Waals surface area contributed by atoms with Crippen LogP contribution in [0.1, 0.15) is 23.6 Å². The Labute approximate surface area is 119 Å². The zero-order valence-electron chi connectivity index (χ0n) is 11.9. The Bertz CT molecular complexity index is 570. The van der Waals surface area contributed by atoms with E-state index >= 15 is 0 Å². The third-order valence-corrected chi connectivity index (χ3v) is 3.12. The van der Waals surface area contributed by atoms with Crippen LogP contribution in [0.2, 0.25) is 0 Å². The van der Waals surface area contributed by atoms with Crippen molar-refractivity contribution in [1.82, 2.24) is 10.3 Å². The number of rotatable bonds is 6. The number of aromatic hydroxyl groups is 1. The highest BCUT2D eigenvalue weighted by molar-refractivity contribution is 5.41. The van der Waals surface area contributed by atoms with E-state index in [1.54, 1.807) is 12.3 Å². The Morgan fingerprint density at radius 2 is 2.10 bits per heavy atom. The van der Waals surface area contributed by atoms with Gasteiger partial charge < -0.3 is 15.2 Å². The van der Waals surface area contributed by atoms with Crippen molar-refractivity contribution in [3.8, 4) is 11.5 Å². The van der Waals surface area contributed by atoms with E-state index in [1.807, 2.05) is 31.3 Å². The molecular weight excluding hydrogens is 252 g/mol. The van der Waals surface area contributed by atoms with E-state index in [4.69, 9.17) is 4.74 Å². The topological polar surface area (TPSA) is 54.4 Å². The number of hydrogen-bond acceptors (Lipinski definition) is 4. The first-order valence-electron chi connectivity index (χ1n) is 6.75. The lowest BCUT2D eigenvalue weighted by Crippen LogP contribution is -2.13. The largest absolute Gasteiger partial charge is 0.504 e. The molecule has 0 unspecified atom stereocenters. The van der Waals surface area contributed by atoms with Gasteiger partial charge >= 0.3 is 0 Å². The summed E-state index contributed by atoms with van der Waals surface area (Å²) < 4.78 is 5.37. The summed E-state index contributed by atoms with van der Waals surface area (Å²) in [6.07, 6.45) is 3.68. The van der Waals surface area contributed by atoms with Crippen LogP contribution in [0.25, 0.3) is 0 Å². The van der Waals surface area contributed by atoms with Gasteiger partial charge in [-0.25, -0.2) is 0 Å². The second-order valence-electron chi connectivity index (χ2n) is 4.64. The first-order chi connectivity index (χ1) is 9.70. The predicted molar refractivity (Wildman–Crippen MR) is 78.8 cm³/mol. The molecule has 2 aromatic rings. The number of aromatic nitrogens is 1. The second kappa shape index (κ2) is 6.91. The van der Waals surface area contributed by atoms with Crippen LogP contribution in [-0.4, -0.2) is 16.7 Å². The van der Waals surface area contributed by atoms with Gasteiger partial charge in [0, 0.05) is 25.5 Å². The molecule has 20 heavy (non-hydrogen) atoms. The summed E-state index contributed by atoms with van der Waals surface area (Å²) in [6.45, 7) is 6.00. The summed E-state index contributed by atoms with van der Waals surface area (Å²) in [5.74, 6) is 0.711. The van der Waals surface area contributed by atoms with E-state index in [2.05, 4.69) is 17.2 Å². The molecule has 4 heteroatoms. The number of benzene rings is 1. The fourth-order valence-corrected chi connectivity index (χ4v) is 1.96. The maximum atomic E-state index is 9.65. The van der Waals surface area contributed by atoms with Gasteiger partial charge in [-0.05, 0) is 48.7 Å². The van der Waals surface area contributed by atoms with Crippen LogP contribution in [0.15, 0.2) is 36.7 Å². The number of aryl methyl sites for hydroxylation is 1. The Balaban J connectivity index is 1.94. The SMILES string of the molecule is CCOc1cc(CNCc2cnccc2C)ccc1O. The van der Waals surface area contributed by atoms with Crippen molar-refractivity contribution in [3.05, 3.63) is 53.3 Å². The van der Waals surface area contributed by atoms with Gasteiger partial charge in [0.2, 0.25) is 0 Å². The number of ether oxygens (including phenoxy) is 1. The van der Waals surface area contributed by atoms with Crippen LogP contribution in [0.3, 0.4) is 0 Å². The molecule has 1 heterocycles. The van der Waals surface area contributed by atoms with Crippen molar-refractivity contribution >= 4 is 0 Å². The number of pyridine rings is 1. The molecule has 0 aliphatic carbocycles. The van der Waals surface area contributed by atoms with Gasteiger partial charge in [0.05, 0.1) is 6.61 Å². The third-order valence-electron chi connectivity index (χ3n) is 3.12. The maximum Gasteiger partial charge on any atom is 0.161 e. The first kappa shape index (κ1) is 14.3. The number of phenolic OH excluding ortho intramolecular Hbond substituents is 1. The van der Waals surface area contributed by atoms with Crippen molar-refractivity contribution in [2.24, 2.45) is 0 Å². The quantitative estimate of drug-likeness (QED) is 0.849. The van der Waals surface area contributed by atoms with Crippen LogP contribution in [0, 0.1) is 6.92 Å². The van der Waals surface area contributed by atoms with Gasteiger partial charge in [-0.1, -0.05) is 6.07 Å². The Kier molecular flexibility index (Phi) is 4.96. The molecule has 1 aromatic heterocycles. The molecule has 0 aliphatic heterocycles. The molecule has 0 saturated heterocycles. The van der Waals surface area contributed by atoms with Crippen LogP contribution in [0.4, 0.5) is 0 Å². The minimum atomic E-state index is 0.179. The van der Waals surface area contributed by atoms with Gasteiger partial charge in [-0.15, -0.1) is 0 Å². The molecular formula is C16H20N2O2. The molecule has 0 amide bonds. The maximum absolute atomic E-state index is 9.65. The Morgan fingerprint density at radius 3 is 2.85 bits per heavy atom. The molecule has 106 valence electrons. The molecule has 0 fully saturated rings. The molecule has 0 aliphatic rings. The molecule has 0 atom stereocenters. The van der Waals surface area contributed by atoms with Crippen LogP contribution >= 0.6 is 0 Å². The van der Waals surface area contributed by atoms with Gasteiger partial charge in [-0.2, -0.15) is 0 Å². The van der Waals surface area contributed by atoms with Gasteiger partial charge in [0.25, 0.3) is 0 Å². The van der Waals surface area contributed by atoms with E-state index in [1.165, 1.54) is 11.1 Å². The van der Waals surface area contributed by atoms with E-state index < -0.39 is 0 Å². The summed E-state index contributed by atoms with van der Waals surface area (Å²) in [6, 6.07) is 7.42. The first-order valence-corrected chi connectivity index (χ1v) is 6.75. The minimum Gasteiger partial charge on any atom is -0.504 e. The van der Waals surface area contributed by atoms with E-state index in [-0.39, 0.29) is 5.75 Å². The monoisotopic (exact) mass is 272 g/mol. The molecule has 0 saturated carbocycles. The highest BCUT2D eigenvalue weighted by Gasteiger charge is 2.04. The van der Waals surface area contributed by atoms with Crippen molar-refractivity contribution in [2.75, 3.05) is 6.61 Å². The smallest absolute Gasteiger partial charge is 0.161 e. The third kappa shape index (κ3) is 3.71. The summed E-state index contributed by atoms with van der Waals surface area (Å²) in [7, 11) is 0. The fourth-order valence-electron chi connectivity index (χ4n) is 1.96. The Morgan fingerprint density at radius 1 is 1.25 bits per heavy atom. The van der Waals surface area contributed by atoms with Crippen molar-refractivity contribution in [1.29, 1.82) is 0 Å². The van der Waals surface area contributed by atoms with Gasteiger partial charge in [0.1, 0.15) is 0 Å². The highest BCUT2D eigenvalue weighted by Crippen LogP contribution is 2.26. The normalized spacial score (nSPS) is 10.5. The number of hydrogen-bond donors (Lipinski definition) is 2. The second-order valence-corrected chi connectivity index (χ2v) is 4.64. The molecule has 1 aromatic carbocycles. The van der Waals surface area contributed by atoms with Crippen LogP contribution in [0.5, 0.6) is 11.5 Å². The molecule has 4 nitrogen and oxygen atoms in total. The summed E-state index contributed by atoms with van der Waals surface area (Å²) in [5.41, 5.74) is 3.50. The zero-order valence-corrected chi connectivity index (χ0v) is 11.9. The van der Waals surface area contributed by atoms with Crippen molar-refractivity contribution in [3.63, 3.8) is 0 Å². The number of nitrogens with zero attached hydrogens (tertiary/aromatic N) is 1. The standard InChI is InChI=1S/C16H20N2O2/c1-3-20-16-8-13(4-5-15(16)19)9-18-11-14-10-17-7-6-12(14)2/h4-8,10,18-19H,3,9,11H2,1-2H3. The van der Waals surface area contributed by atoms with Crippen LogP contribution in [-0.2, 0) is 13.1 Å².